The summed E-state index contributed by atoms with van der Waals surface area (Å²) in [7, 11) is 0. The summed E-state index contributed by atoms with van der Waals surface area (Å²) in [6, 6.07) is -0.0222. The third-order valence-corrected chi connectivity index (χ3v) is 4.32. The lowest BCUT2D eigenvalue weighted by Crippen LogP contribution is -2.46. The zero-order valence-electron chi connectivity index (χ0n) is 12.4. The highest BCUT2D eigenvalue weighted by molar-refractivity contribution is 5.98. The van der Waals surface area contributed by atoms with Crippen LogP contribution in [0.15, 0.2) is 0 Å². The van der Waals surface area contributed by atoms with Crippen LogP contribution in [-0.2, 0) is 14.4 Å². The molecule has 2 atom stereocenters. The summed E-state index contributed by atoms with van der Waals surface area (Å²) in [5, 5.41) is 11.7. The Hall–Kier alpha value is -1.47. The number of nitrogens with zero attached hydrogens (tertiary/aromatic N) is 2. The Balaban J connectivity index is 1.76. The molecule has 0 bridgehead atoms. The number of carbonyl (C=O) groups is 3. The molecule has 2 aliphatic rings. The lowest BCUT2D eigenvalue weighted by Gasteiger charge is -2.24. The summed E-state index contributed by atoms with van der Waals surface area (Å²) in [6.07, 6.45) is 2.18. The van der Waals surface area contributed by atoms with Gasteiger partial charge in [-0.1, -0.05) is 6.92 Å². The molecule has 0 aromatic carbocycles. The summed E-state index contributed by atoms with van der Waals surface area (Å²) in [4.78, 5) is 38.4. The van der Waals surface area contributed by atoms with Crippen molar-refractivity contribution < 1.29 is 19.5 Å². The van der Waals surface area contributed by atoms with E-state index >= 15 is 0 Å². The Kier molecular flexibility index (Phi) is 5.30. The minimum absolute atomic E-state index is 0.0185. The average Bonchev–Trinajstić information content (AvgIpc) is 2.96. The molecule has 0 aliphatic carbocycles. The van der Waals surface area contributed by atoms with Crippen LogP contribution in [0.4, 0.5) is 0 Å². The smallest absolute Gasteiger partial charge is 0.246 e. The molecule has 2 fully saturated rings. The number of hydrogen-bond acceptors (Lipinski definition) is 5. The van der Waals surface area contributed by atoms with E-state index in [0.29, 0.717) is 18.9 Å². The molecule has 3 amide bonds. The van der Waals surface area contributed by atoms with E-state index in [0.717, 1.165) is 19.4 Å². The van der Waals surface area contributed by atoms with Crippen molar-refractivity contribution in [2.24, 2.45) is 5.92 Å². The largest absolute Gasteiger partial charge is 0.395 e. The predicted molar refractivity (Wildman–Crippen MR) is 75.2 cm³/mol. The molecule has 2 heterocycles. The first-order chi connectivity index (χ1) is 10.0. The Morgan fingerprint density at radius 2 is 2.00 bits per heavy atom. The number of carbonyl (C=O) groups excluding carboxylic acids is 3. The van der Waals surface area contributed by atoms with Gasteiger partial charge in [-0.05, 0) is 25.3 Å². The molecule has 2 unspecified atom stereocenters. The van der Waals surface area contributed by atoms with Crippen LogP contribution in [0.1, 0.15) is 26.2 Å². The maximum Gasteiger partial charge on any atom is 0.246 e. The molecule has 0 saturated carbocycles. The Morgan fingerprint density at radius 3 is 2.62 bits per heavy atom. The number of aliphatic hydroxyl groups excluding tert-OH is 1. The van der Waals surface area contributed by atoms with Crippen LogP contribution in [-0.4, -0.2) is 71.5 Å². The summed E-state index contributed by atoms with van der Waals surface area (Å²) in [5.74, 6) is -0.505. The third-order valence-electron chi connectivity index (χ3n) is 4.32. The van der Waals surface area contributed by atoms with Gasteiger partial charge in [-0.25, -0.2) is 0 Å². The van der Waals surface area contributed by atoms with Gasteiger partial charge in [0.25, 0.3) is 0 Å². The highest BCUT2D eigenvalue weighted by Crippen LogP contribution is 2.22. The van der Waals surface area contributed by atoms with Crippen LogP contribution in [0.2, 0.25) is 0 Å². The summed E-state index contributed by atoms with van der Waals surface area (Å²) in [5.41, 5.74) is 0. The van der Waals surface area contributed by atoms with Crippen molar-refractivity contribution in [3.05, 3.63) is 0 Å². The summed E-state index contributed by atoms with van der Waals surface area (Å²) >= 11 is 0. The maximum absolute atomic E-state index is 11.9. The van der Waals surface area contributed by atoms with Gasteiger partial charge in [0.2, 0.25) is 17.7 Å². The second-order valence-electron chi connectivity index (χ2n) is 5.88. The predicted octanol–water partition coefficient (Wildman–Crippen LogP) is -1.05. The normalized spacial score (nSPS) is 26.4. The standard InChI is InChI=1S/C14H23N3O4/c1-10-4-6-16(11(10)9-18)7-12(19)15-13(20)8-17-5-2-3-14(17)21/h10-11,18H,2-9H2,1H3,(H,15,19,20). The minimum Gasteiger partial charge on any atom is -0.395 e. The minimum atomic E-state index is -0.442. The van der Waals surface area contributed by atoms with Gasteiger partial charge < -0.3 is 10.0 Å². The number of amides is 3. The molecule has 0 aromatic heterocycles. The van der Waals surface area contributed by atoms with E-state index in [1.807, 2.05) is 11.8 Å². The molecule has 118 valence electrons. The van der Waals surface area contributed by atoms with Gasteiger partial charge in [-0.3, -0.25) is 24.6 Å². The van der Waals surface area contributed by atoms with Crippen LogP contribution < -0.4 is 5.32 Å². The molecule has 2 aliphatic heterocycles. The van der Waals surface area contributed by atoms with Crippen molar-refractivity contribution in [2.45, 2.75) is 32.2 Å². The molecular formula is C14H23N3O4. The van der Waals surface area contributed by atoms with Gasteiger partial charge in [0, 0.05) is 19.0 Å². The van der Waals surface area contributed by atoms with Gasteiger partial charge in [0.05, 0.1) is 19.7 Å². The van der Waals surface area contributed by atoms with Gasteiger partial charge in [0.1, 0.15) is 0 Å². The Morgan fingerprint density at radius 1 is 1.29 bits per heavy atom. The second kappa shape index (κ2) is 7.00. The summed E-state index contributed by atoms with van der Waals surface area (Å²) in [6.45, 7) is 3.45. The van der Waals surface area contributed by atoms with E-state index in [4.69, 9.17) is 0 Å². The lowest BCUT2D eigenvalue weighted by atomic mass is 10.0. The monoisotopic (exact) mass is 297 g/mol. The van der Waals surface area contributed by atoms with Crippen LogP contribution >= 0.6 is 0 Å². The van der Waals surface area contributed by atoms with E-state index in [1.165, 1.54) is 4.90 Å². The van der Waals surface area contributed by atoms with Crippen molar-refractivity contribution in [3.63, 3.8) is 0 Å². The number of hydrogen-bond donors (Lipinski definition) is 2. The zero-order chi connectivity index (χ0) is 15.4. The topological polar surface area (TPSA) is 90.0 Å². The molecule has 0 radical (unpaired) electrons. The Bertz CT molecular complexity index is 426. The van der Waals surface area contributed by atoms with Crippen molar-refractivity contribution in [3.8, 4) is 0 Å². The fraction of sp³-hybridized carbons (Fsp3) is 0.786. The fourth-order valence-electron chi connectivity index (χ4n) is 3.04. The lowest BCUT2D eigenvalue weighted by molar-refractivity contribution is -0.136. The Labute approximate surface area is 124 Å². The number of rotatable bonds is 5. The van der Waals surface area contributed by atoms with Crippen molar-refractivity contribution in [1.82, 2.24) is 15.1 Å². The highest BCUT2D eigenvalue weighted by Gasteiger charge is 2.32. The molecule has 2 saturated heterocycles. The number of likely N-dealkylation sites (tertiary alicyclic amines) is 2. The first-order valence-electron chi connectivity index (χ1n) is 7.46. The van der Waals surface area contributed by atoms with Crippen LogP contribution in [0.5, 0.6) is 0 Å². The molecular weight excluding hydrogens is 274 g/mol. The van der Waals surface area contributed by atoms with E-state index < -0.39 is 5.91 Å². The van der Waals surface area contributed by atoms with Crippen LogP contribution in [0.25, 0.3) is 0 Å². The first-order valence-corrected chi connectivity index (χ1v) is 7.46. The molecule has 2 rings (SSSR count). The molecule has 7 heteroatoms. The molecule has 0 aromatic rings. The van der Waals surface area contributed by atoms with E-state index in [9.17, 15) is 19.5 Å². The van der Waals surface area contributed by atoms with Gasteiger partial charge in [-0.15, -0.1) is 0 Å². The van der Waals surface area contributed by atoms with Crippen molar-refractivity contribution in [1.29, 1.82) is 0 Å². The number of aliphatic hydroxyl groups is 1. The summed E-state index contributed by atoms with van der Waals surface area (Å²) < 4.78 is 0. The van der Waals surface area contributed by atoms with E-state index in [1.54, 1.807) is 0 Å². The van der Waals surface area contributed by atoms with E-state index in [2.05, 4.69) is 5.32 Å². The number of imide groups is 1. The van der Waals surface area contributed by atoms with Crippen LogP contribution in [0, 0.1) is 5.92 Å². The fourth-order valence-corrected chi connectivity index (χ4v) is 3.04. The maximum atomic E-state index is 11.9. The van der Waals surface area contributed by atoms with Gasteiger partial charge >= 0.3 is 0 Å². The molecule has 2 N–H and O–H groups in total. The first kappa shape index (κ1) is 15.9. The zero-order valence-corrected chi connectivity index (χ0v) is 12.4. The van der Waals surface area contributed by atoms with Crippen molar-refractivity contribution in [2.75, 3.05) is 32.8 Å². The highest BCUT2D eigenvalue weighted by atomic mass is 16.3. The second-order valence-corrected chi connectivity index (χ2v) is 5.88. The quantitative estimate of drug-likeness (QED) is 0.676. The van der Waals surface area contributed by atoms with Crippen molar-refractivity contribution >= 4 is 17.7 Å². The van der Waals surface area contributed by atoms with Gasteiger partial charge in [-0.2, -0.15) is 0 Å². The average molecular weight is 297 g/mol. The molecule has 21 heavy (non-hydrogen) atoms. The third kappa shape index (κ3) is 4.01. The molecule has 0 spiro atoms. The molecule has 7 nitrogen and oxygen atoms in total. The van der Waals surface area contributed by atoms with Gasteiger partial charge in [0.15, 0.2) is 0 Å². The van der Waals surface area contributed by atoms with E-state index in [-0.39, 0.29) is 37.6 Å². The van der Waals surface area contributed by atoms with Crippen LogP contribution in [0.3, 0.4) is 0 Å². The number of nitrogens with one attached hydrogen (secondary N) is 1. The SMILES string of the molecule is CC1CCN(CC(=O)NC(=O)CN2CCCC2=O)C1CO.